The van der Waals surface area contributed by atoms with E-state index in [-0.39, 0.29) is 5.69 Å². The van der Waals surface area contributed by atoms with Crippen LogP contribution in [0.5, 0.6) is 0 Å². The molecule has 2 N–H and O–H groups in total. The average Bonchev–Trinajstić information content (AvgIpc) is 2.41. The highest BCUT2D eigenvalue weighted by molar-refractivity contribution is 5.90. The highest BCUT2D eigenvalue weighted by Crippen LogP contribution is 2.30. The topological polar surface area (TPSA) is 41.1 Å². The van der Waals surface area contributed by atoms with Gasteiger partial charge in [0.25, 0.3) is 0 Å². The van der Waals surface area contributed by atoms with Crippen molar-refractivity contribution in [2.45, 2.75) is 25.9 Å². The van der Waals surface area contributed by atoms with E-state index in [0.29, 0.717) is 6.42 Å². The molecule has 0 fully saturated rings. The standard InChI is InChI=1S/C15H15F3N2O/c1-10-5-7-12(8-6-10)19-14(21)20-13-4-2-3-11(9-13)15(16,17)18/h2-5,7,9H,6,8H2,1H3,(H2,19,20,21). The fraction of sp³-hybridized carbons (Fsp3) is 0.267. The number of rotatable bonds is 2. The Morgan fingerprint density at radius 1 is 1.14 bits per heavy atom. The molecule has 1 aliphatic carbocycles. The number of hydrogen-bond acceptors (Lipinski definition) is 1. The van der Waals surface area contributed by atoms with Crippen LogP contribution in [-0.2, 0) is 6.18 Å². The average molecular weight is 296 g/mol. The molecule has 0 bridgehead atoms. The summed E-state index contributed by atoms with van der Waals surface area (Å²) in [6, 6.07) is 3.98. The van der Waals surface area contributed by atoms with Gasteiger partial charge in [-0.25, -0.2) is 4.79 Å². The summed E-state index contributed by atoms with van der Waals surface area (Å²) in [5.41, 5.74) is 1.27. The first-order valence-corrected chi connectivity index (χ1v) is 6.46. The molecule has 0 heterocycles. The van der Waals surface area contributed by atoms with Gasteiger partial charge in [0.15, 0.2) is 0 Å². The van der Waals surface area contributed by atoms with Gasteiger partial charge in [-0.15, -0.1) is 0 Å². The molecule has 0 saturated carbocycles. The summed E-state index contributed by atoms with van der Waals surface area (Å²) in [6.07, 6.45) is 0.838. The van der Waals surface area contributed by atoms with Crippen LogP contribution in [0.1, 0.15) is 25.3 Å². The Balaban J connectivity index is 2.00. The van der Waals surface area contributed by atoms with Crippen molar-refractivity contribution in [3.8, 4) is 0 Å². The van der Waals surface area contributed by atoms with E-state index in [2.05, 4.69) is 10.6 Å². The monoisotopic (exact) mass is 296 g/mol. The van der Waals surface area contributed by atoms with E-state index in [9.17, 15) is 18.0 Å². The quantitative estimate of drug-likeness (QED) is 0.831. The number of amides is 2. The van der Waals surface area contributed by atoms with Crippen LogP contribution in [0, 0.1) is 0 Å². The number of carbonyl (C=O) groups excluding carboxylic acids is 1. The minimum absolute atomic E-state index is 0.102. The smallest absolute Gasteiger partial charge is 0.312 e. The maximum atomic E-state index is 12.6. The molecular formula is C15H15F3N2O. The molecule has 0 aromatic heterocycles. The number of hydrogen-bond donors (Lipinski definition) is 2. The van der Waals surface area contributed by atoms with Gasteiger partial charge >= 0.3 is 12.2 Å². The van der Waals surface area contributed by atoms with Gasteiger partial charge < -0.3 is 10.6 Å². The Morgan fingerprint density at radius 3 is 2.52 bits per heavy atom. The zero-order valence-electron chi connectivity index (χ0n) is 11.4. The predicted octanol–water partition coefficient (Wildman–Crippen LogP) is 4.45. The number of allylic oxidation sites excluding steroid dienone is 4. The summed E-state index contributed by atoms with van der Waals surface area (Å²) < 4.78 is 37.7. The predicted molar refractivity (Wildman–Crippen MR) is 74.7 cm³/mol. The normalized spacial score (nSPS) is 15.0. The van der Waals surface area contributed by atoms with Crippen molar-refractivity contribution < 1.29 is 18.0 Å². The van der Waals surface area contributed by atoms with Crippen molar-refractivity contribution >= 4 is 11.7 Å². The van der Waals surface area contributed by atoms with E-state index < -0.39 is 17.8 Å². The fourth-order valence-corrected chi connectivity index (χ4v) is 1.93. The highest BCUT2D eigenvalue weighted by Gasteiger charge is 2.30. The zero-order chi connectivity index (χ0) is 15.5. The largest absolute Gasteiger partial charge is 0.416 e. The zero-order valence-corrected chi connectivity index (χ0v) is 11.4. The second kappa shape index (κ2) is 6.03. The Morgan fingerprint density at radius 2 is 1.90 bits per heavy atom. The summed E-state index contributed by atoms with van der Waals surface area (Å²) in [7, 11) is 0. The number of urea groups is 1. The number of alkyl halides is 3. The third-order valence-corrected chi connectivity index (χ3v) is 3.08. The summed E-state index contributed by atoms with van der Waals surface area (Å²) in [5.74, 6) is 0. The van der Waals surface area contributed by atoms with Gasteiger partial charge in [0.1, 0.15) is 0 Å². The first-order chi connectivity index (χ1) is 9.84. The van der Waals surface area contributed by atoms with Gasteiger partial charge in [-0.05, 0) is 44.0 Å². The summed E-state index contributed by atoms with van der Waals surface area (Å²) in [6.45, 7) is 2.00. The van der Waals surface area contributed by atoms with Crippen molar-refractivity contribution in [2.75, 3.05) is 5.32 Å². The molecule has 6 heteroatoms. The van der Waals surface area contributed by atoms with Gasteiger partial charge in [-0.1, -0.05) is 17.7 Å². The summed E-state index contributed by atoms with van der Waals surface area (Å²) in [5, 5.41) is 5.03. The molecule has 3 nitrogen and oxygen atoms in total. The van der Waals surface area contributed by atoms with E-state index in [4.69, 9.17) is 0 Å². The Bertz CT molecular complexity index is 603. The Hall–Kier alpha value is -2.24. The van der Waals surface area contributed by atoms with E-state index in [1.54, 1.807) is 6.08 Å². The lowest BCUT2D eigenvalue weighted by Gasteiger charge is -2.14. The third-order valence-electron chi connectivity index (χ3n) is 3.08. The molecule has 1 aliphatic rings. The van der Waals surface area contributed by atoms with E-state index >= 15 is 0 Å². The first-order valence-electron chi connectivity index (χ1n) is 6.46. The maximum Gasteiger partial charge on any atom is 0.416 e. The van der Waals surface area contributed by atoms with E-state index in [1.165, 1.54) is 17.7 Å². The summed E-state index contributed by atoms with van der Waals surface area (Å²) >= 11 is 0. The van der Waals surface area contributed by atoms with Crippen LogP contribution in [0.4, 0.5) is 23.7 Å². The Labute approximate surface area is 120 Å². The molecule has 2 amide bonds. The number of nitrogens with one attached hydrogen (secondary N) is 2. The molecule has 2 rings (SSSR count). The van der Waals surface area contributed by atoms with Crippen molar-refractivity contribution in [2.24, 2.45) is 0 Å². The van der Waals surface area contributed by atoms with Gasteiger partial charge in [-0.3, -0.25) is 0 Å². The van der Waals surface area contributed by atoms with Gasteiger partial charge in [-0.2, -0.15) is 13.2 Å². The Kier molecular flexibility index (Phi) is 4.35. The molecule has 1 aromatic carbocycles. The molecule has 0 unspecified atom stereocenters. The number of anilines is 1. The lowest BCUT2D eigenvalue weighted by atomic mass is 10.0. The maximum absolute atomic E-state index is 12.6. The van der Waals surface area contributed by atoms with E-state index in [0.717, 1.165) is 24.3 Å². The van der Waals surface area contributed by atoms with Gasteiger partial charge in [0, 0.05) is 11.4 Å². The van der Waals surface area contributed by atoms with Crippen LogP contribution in [-0.4, -0.2) is 6.03 Å². The van der Waals surface area contributed by atoms with Crippen LogP contribution < -0.4 is 10.6 Å². The minimum atomic E-state index is -4.43. The van der Waals surface area contributed by atoms with Crippen LogP contribution in [0.2, 0.25) is 0 Å². The number of carbonyl (C=O) groups is 1. The van der Waals surface area contributed by atoms with Crippen molar-refractivity contribution in [3.05, 3.63) is 53.3 Å². The molecule has 1 aromatic rings. The molecule has 0 radical (unpaired) electrons. The van der Waals surface area contributed by atoms with Crippen LogP contribution >= 0.6 is 0 Å². The molecule has 0 spiro atoms. The highest BCUT2D eigenvalue weighted by atomic mass is 19.4. The van der Waals surface area contributed by atoms with Crippen molar-refractivity contribution in [1.29, 1.82) is 0 Å². The third kappa shape index (κ3) is 4.37. The number of halogens is 3. The van der Waals surface area contributed by atoms with Gasteiger partial charge in [0.05, 0.1) is 5.56 Å². The van der Waals surface area contributed by atoms with E-state index in [1.807, 2.05) is 13.0 Å². The molecule has 21 heavy (non-hydrogen) atoms. The first kappa shape index (κ1) is 15.2. The second-order valence-corrected chi connectivity index (χ2v) is 4.86. The lowest BCUT2D eigenvalue weighted by molar-refractivity contribution is -0.137. The van der Waals surface area contributed by atoms with Crippen LogP contribution in [0.15, 0.2) is 47.7 Å². The van der Waals surface area contributed by atoms with Crippen LogP contribution in [0.3, 0.4) is 0 Å². The molecule has 112 valence electrons. The second-order valence-electron chi connectivity index (χ2n) is 4.86. The van der Waals surface area contributed by atoms with Crippen LogP contribution in [0.25, 0.3) is 0 Å². The molecule has 0 atom stereocenters. The molecular weight excluding hydrogens is 281 g/mol. The van der Waals surface area contributed by atoms with Gasteiger partial charge in [0.2, 0.25) is 0 Å². The SMILES string of the molecule is CC1=CC=C(NC(=O)Nc2cccc(C(F)(F)F)c2)CC1. The van der Waals surface area contributed by atoms with Crippen molar-refractivity contribution in [1.82, 2.24) is 5.32 Å². The lowest BCUT2D eigenvalue weighted by Crippen LogP contribution is -2.28. The van der Waals surface area contributed by atoms with Crippen molar-refractivity contribution in [3.63, 3.8) is 0 Å². The number of benzene rings is 1. The molecule has 0 saturated heterocycles. The minimum Gasteiger partial charge on any atom is -0.312 e. The fourth-order valence-electron chi connectivity index (χ4n) is 1.93. The molecule has 0 aliphatic heterocycles. The summed E-state index contributed by atoms with van der Waals surface area (Å²) in [4.78, 5) is 11.8.